The molecule has 1 aliphatic carbocycles. The average Bonchev–Trinajstić information content (AvgIpc) is 2.71. The molecular weight excluding hydrogens is 186 g/mol. The van der Waals surface area contributed by atoms with Gasteiger partial charge in [-0.05, 0) is 19.3 Å². The Morgan fingerprint density at radius 2 is 2.31 bits per heavy atom. The molecule has 2 atom stereocenters. The normalized spacial score (nSPS) is 28.1. The van der Waals surface area contributed by atoms with Gasteiger partial charge in [0.2, 0.25) is 5.13 Å². The van der Waals surface area contributed by atoms with Crippen LogP contribution in [0.2, 0.25) is 0 Å². The number of rotatable bonds is 2. The third-order valence-electron chi connectivity index (χ3n) is 2.52. The smallest absolute Gasteiger partial charge is 0.203 e. The highest BCUT2D eigenvalue weighted by molar-refractivity contribution is 7.15. The maximum absolute atomic E-state index is 5.53. The molecule has 1 heterocycles. The van der Waals surface area contributed by atoms with Crippen molar-refractivity contribution in [1.29, 1.82) is 0 Å². The molecule has 2 rings (SSSR count). The Morgan fingerprint density at radius 1 is 1.46 bits per heavy atom. The maximum atomic E-state index is 5.53. The van der Waals surface area contributed by atoms with E-state index in [2.05, 4.69) is 10.2 Å². The zero-order chi connectivity index (χ0) is 9.26. The van der Waals surface area contributed by atoms with Crippen LogP contribution in [0.25, 0.3) is 0 Å². The van der Waals surface area contributed by atoms with E-state index in [1.165, 1.54) is 11.3 Å². The van der Waals surface area contributed by atoms with Gasteiger partial charge in [0.25, 0.3) is 0 Å². The van der Waals surface area contributed by atoms with E-state index < -0.39 is 0 Å². The Bertz CT molecular complexity index is 289. The fourth-order valence-electron chi connectivity index (χ4n) is 1.79. The Kier molecular flexibility index (Phi) is 2.46. The van der Waals surface area contributed by atoms with E-state index in [9.17, 15) is 0 Å². The first-order chi connectivity index (χ1) is 6.29. The fourth-order valence-corrected chi connectivity index (χ4v) is 2.55. The van der Waals surface area contributed by atoms with E-state index in [4.69, 9.17) is 10.5 Å². The molecule has 1 aromatic rings. The molecule has 0 spiro atoms. The van der Waals surface area contributed by atoms with Crippen molar-refractivity contribution in [3.63, 3.8) is 0 Å². The number of methoxy groups -OCH3 is 1. The third-order valence-corrected chi connectivity index (χ3v) is 3.44. The van der Waals surface area contributed by atoms with Crippen molar-refractivity contribution >= 4 is 16.5 Å². The van der Waals surface area contributed by atoms with Gasteiger partial charge in [0, 0.05) is 13.0 Å². The molecule has 1 saturated carbocycles. The van der Waals surface area contributed by atoms with Crippen LogP contribution in [0.15, 0.2) is 0 Å². The van der Waals surface area contributed by atoms with Crippen LogP contribution in [0.5, 0.6) is 0 Å². The van der Waals surface area contributed by atoms with Crippen molar-refractivity contribution in [3.05, 3.63) is 5.01 Å². The van der Waals surface area contributed by atoms with Gasteiger partial charge in [0.1, 0.15) is 5.01 Å². The highest BCUT2D eigenvalue weighted by Gasteiger charge is 2.28. The summed E-state index contributed by atoms with van der Waals surface area (Å²) in [5.74, 6) is 0.514. The van der Waals surface area contributed by atoms with Crippen molar-refractivity contribution in [2.75, 3.05) is 12.8 Å². The predicted octanol–water partition coefficient (Wildman–Crippen LogP) is 1.40. The largest absolute Gasteiger partial charge is 0.381 e. The van der Waals surface area contributed by atoms with Gasteiger partial charge in [-0.3, -0.25) is 0 Å². The van der Waals surface area contributed by atoms with Gasteiger partial charge < -0.3 is 10.5 Å². The second kappa shape index (κ2) is 3.59. The lowest BCUT2D eigenvalue weighted by molar-refractivity contribution is 0.108. The van der Waals surface area contributed by atoms with Gasteiger partial charge in [-0.15, -0.1) is 10.2 Å². The molecule has 2 N–H and O–H groups in total. The Balaban J connectivity index is 2.03. The highest BCUT2D eigenvalue weighted by Crippen LogP contribution is 2.37. The van der Waals surface area contributed by atoms with Crippen molar-refractivity contribution < 1.29 is 4.74 Å². The Morgan fingerprint density at radius 3 is 2.85 bits per heavy atom. The molecule has 5 heteroatoms. The number of nitrogens with zero attached hydrogens (tertiary/aromatic N) is 2. The van der Waals surface area contributed by atoms with E-state index in [0.29, 0.717) is 17.2 Å². The number of ether oxygens (including phenoxy) is 1. The van der Waals surface area contributed by atoms with Crippen LogP contribution >= 0.6 is 11.3 Å². The van der Waals surface area contributed by atoms with Crippen LogP contribution in [0.1, 0.15) is 30.2 Å². The topological polar surface area (TPSA) is 61.0 Å². The molecule has 13 heavy (non-hydrogen) atoms. The van der Waals surface area contributed by atoms with Gasteiger partial charge in [-0.1, -0.05) is 11.3 Å². The van der Waals surface area contributed by atoms with Gasteiger partial charge in [-0.2, -0.15) is 0 Å². The molecule has 0 saturated heterocycles. The third kappa shape index (κ3) is 1.81. The molecule has 1 aliphatic rings. The quantitative estimate of drug-likeness (QED) is 0.782. The lowest BCUT2D eigenvalue weighted by Gasteiger charge is -2.06. The van der Waals surface area contributed by atoms with Crippen LogP contribution in [-0.2, 0) is 4.74 Å². The van der Waals surface area contributed by atoms with Crippen molar-refractivity contribution in [3.8, 4) is 0 Å². The lowest BCUT2D eigenvalue weighted by atomic mass is 10.1. The first-order valence-electron chi connectivity index (χ1n) is 4.41. The zero-order valence-corrected chi connectivity index (χ0v) is 8.38. The monoisotopic (exact) mass is 199 g/mol. The number of hydrogen-bond acceptors (Lipinski definition) is 5. The van der Waals surface area contributed by atoms with Crippen LogP contribution in [0.4, 0.5) is 5.13 Å². The van der Waals surface area contributed by atoms with E-state index in [-0.39, 0.29) is 0 Å². The SMILES string of the molecule is COC1CCC(c2nnc(N)s2)C1. The summed E-state index contributed by atoms with van der Waals surface area (Å²) in [4.78, 5) is 0. The molecule has 0 aliphatic heterocycles. The molecule has 0 bridgehead atoms. The molecular formula is C8H13N3OS. The number of hydrogen-bond donors (Lipinski definition) is 1. The van der Waals surface area contributed by atoms with Crippen LogP contribution in [0.3, 0.4) is 0 Å². The molecule has 1 fully saturated rings. The second-order valence-corrected chi connectivity index (χ2v) is 4.39. The summed E-state index contributed by atoms with van der Waals surface area (Å²) < 4.78 is 5.29. The van der Waals surface area contributed by atoms with Crippen LogP contribution in [0, 0.1) is 0 Å². The van der Waals surface area contributed by atoms with E-state index >= 15 is 0 Å². The predicted molar refractivity (Wildman–Crippen MR) is 51.7 cm³/mol. The summed E-state index contributed by atoms with van der Waals surface area (Å²) in [5, 5.41) is 9.50. The second-order valence-electron chi connectivity index (χ2n) is 3.35. The van der Waals surface area contributed by atoms with Gasteiger partial charge in [0.15, 0.2) is 0 Å². The van der Waals surface area contributed by atoms with Crippen molar-refractivity contribution in [1.82, 2.24) is 10.2 Å². The van der Waals surface area contributed by atoms with Crippen molar-refractivity contribution in [2.45, 2.75) is 31.3 Å². The van der Waals surface area contributed by atoms with E-state index in [0.717, 1.165) is 24.3 Å². The lowest BCUT2D eigenvalue weighted by Crippen LogP contribution is -2.04. The van der Waals surface area contributed by atoms with Gasteiger partial charge in [0.05, 0.1) is 6.10 Å². The van der Waals surface area contributed by atoms with Crippen molar-refractivity contribution in [2.24, 2.45) is 0 Å². The zero-order valence-electron chi connectivity index (χ0n) is 7.56. The molecule has 0 amide bonds. The van der Waals surface area contributed by atoms with Crippen LogP contribution < -0.4 is 5.73 Å². The average molecular weight is 199 g/mol. The summed E-state index contributed by atoms with van der Waals surface area (Å²) in [6.45, 7) is 0. The molecule has 72 valence electrons. The Hall–Kier alpha value is -0.680. The Labute approximate surface area is 81.1 Å². The first-order valence-corrected chi connectivity index (χ1v) is 5.23. The van der Waals surface area contributed by atoms with Gasteiger partial charge >= 0.3 is 0 Å². The van der Waals surface area contributed by atoms with E-state index in [1.807, 2.05) is 0 Å². The molecule has 2 unspecified atom stereocenters. The van der Waals surface area contributed by atoms with Gasteiger partial charge in [-0.25, -0.2) is 0 Å². The number of nitrogens with two attached hydrogens (primary N) is 1. The molecule has 0 aromatic carbocycles. The number of aromatic nitrogens is 2. The summed E-state index contributed by atoms with van der Waals surface area (Å²) in [5.41, 5.74) is 5.53. The number of anilines is 1. The number of nitrogen functional groups attached to an aromatic ring is 1. The minimum absolute atomic E-state index is 0.398. The molecule has 4 nitrogen and oxygen atoms in total. The van der Waals surface area contributed by atoms with E-state index in [1.54, 1.807) is 7.11 Å². The highest BCUT2D eigenvalue weighted by atomic mass is 32.1. The summed E-state index contributed by atoms with van der Waals surface area (Å²) >= 11 is 1.50. The summed E-state index contributed by atoms with van der Waals surface area (Å²) in [6, 6.07) is 0. The minimum Gasteiger partial charge on any atom is -0.381 e. The maximum Gasteiger partial charge on any atom is 0.203 e. The molecule has 0 radical (unpaired) electrons. The first kappa shape index (κ1) is 8.90. The fraction of sp³-hybridized carbons (Fsp3) is 0.750. The van der Waals surface area contributed by atoms with Crippen LogP contribution in [-0.4, -0.2) is 23.4 Å². The standard InChI is InChI=1S/C8H13N3OS/c1-12-6-3-2-5(4-6)7-10-11-8(9)13-7/h5-6H,2-4H2,1H3,(H2,9,11). The summed E-state index contributed by atoms with van der Waals surface area (Å²) in [7, 11) is 1.77. The summed E-state index contributed by atoms with van der Waals surface area (Å²) in [6.07, 6.45) is 3.73. The minimum atomic E-state index is 0.398. The molecule has 1 aromatic heterocycles.